The fraction of sp³-hybridized carbons (Fsp3) is 0.286. The third-order valence-electron chi connectivity index (χ3n) is 5.12. The van der Waals surface area contributed by atoms with Crippen molar-refractivity contribution in [1.82, 2.24) is 15.0 Å². The minimum Gasteiger partial charge on any atom is -0.406 e. The number of ether oxygens (including phenoxy) is 2. The molecule has 3 aromatic rings. The minimum absolute atomic E-state index is 0.206. The Balaban J connectivity index is 1.64. The molecule has 1 unspecified atom stereocenters. The summed E-state index contributed by atoms with van der Waals surface area (Å²) in [6.45, 7) is 4.77. The summed E-state index contributed by atoms with van der Waals surface area (Å²) < 4.78 is 46.9. The number of alkyl halides is 3. The maximum atomic E-state index is 12.3. The zero-order valence-corrected chi connectivity index (χ0v) is 15.8. The predicted molar refractivity (Wildman–Crippen MR) is 98.9 cm³/mol. The zero-order chi connectivity index (χ0) is 20.7. The van der Waals surface area contributed by atoms with E-state index in [4.69, 9.17) is 4.74 Å². The predicted octanol–water partition coefficient (Wildman–Crippen LogP) is 4.74. The first kappa shape index (κ1) is 19.3. The molecular weight excluding hydrogens is 383 g/mol. The number of pyridine rings is 1. The van der Waals surface area contributed by atoms with Gasteiger partial charge in [-0.2, -0.15) is 0 Å². The Morgan fingerprint density at radius 1 is 0.931 bits per heavy atom. The summed E-state index contributed by atoms with van der Waals surface area (Å²) in [5.74, 6) is -0.265. The average molecular weight is 401 g/mol. The van der Waals surface area contributed by atoms with Crippen LogP contribution in [-0.2, 0) is 10.3 Å². The number of aromatic nitrogens is 3. The van der Waals surface area contributed by atoms with Crippen LogP contribution in [-0.4, -0.2) is 27.9 Å². The van der Waals surface area contributed by atoms with Crippen LogP contribution in [0.5, 0.6) is 5.75 Å². The summed E-state index contributed by atoms with van der Waals surface area (Å²) in [7, 11) is 0. The number of hydrogen-bond acceptors (Lipinski definition) is 5. The van der Waals surface area contributed by atoms with Gasteiger partial charge in [0, 0.05) is 35.1 Å². The quantitative estimate of drug-likeness (QED) is 0.632. The van der Waals surface area contributed by atoms with Gasteiger partial charge in [-0.3, -0.25) is 4.98 Å². The molecule has 0 saturated carbocycles. The fourth-order valence-corrected chi connectivity index (χ4v) is 3.65. The molecule has 1 atom stereocenters. The van der Waals surface area contributed by atoms with E-state index >= 15 is 0 Å². The molecule has 1 aliphatic rings. The molecule has 4 rings (SSSR count). The van der Waals surface area contributed by atoms with Gasteiger partial charge >= 0.3 is 6.36 Å². The van der Waals surface area contributed by atoms with E-state index in [-0.39, 0.29) is 11.2 Å². The molecule has 1 aliphatic heterocycles. The van der Waals surface area contributed by atoms with Gasteiger partial charge in [0.2, 0.25) is 0 Å². The molecule has 0 N–H and O–H groups in total. The van der Waals surface area contributed by atoms with E-state index < -0.39 is 12.0 Å². The maximum Gasteiger partial charge on any atom is 0.573 e. The van der Waals surface area contributed by atoms with E-state index in [0.29, 0.717) is 6.61 Å². The monoisotopic (exact) mass is 401 g/mol. The Morgan fingerprint density at radius 3 is 2.07 bits per heavy atom. The van der Waals surface area contributed by atoms with E-state index in [1.54, 1.807) is 30.7 Å². The van der Waals surface area contributed by atoms with Crippen molar-refractivity contribution in [2.45, 2.75) is 25.8 Å². The number of hydrogen-bond donors (Lipinski definition) is 0. The van der Waals surface area contributed by atoms with Crippen molar-refractivity contribution >= 4 is 0 Å². The first-order valence-electron chi connectivity index (χ1n) is 8.93. The smallest absolute Gasteiger partial charge is 0.406 e. The topological polar surface area (TPSA) is 57.1 Å². The molecule has 0 amide bonds. The molecular formula is C21H18F3N3O2. The third kappa shape index (κ3) is 3.44. The van der Waals surface area contributed by atoms with Gasteiger partial charge in [0.1, 0.15) is 17.7 Å². The van der Waals surface area contributed by atoms with Crippen LogP contribution in [0.2, 0.25) is 0 Å². The van der Waals surface area contributed by atoms with Gasteiger partial charge in [0.05, 0.1) is 12.3 Å². The first-order valence-corrected chi connectivity index (χ1v) is 8.93. The second-order valence-corrected chi connectivity index (χ2v) is 7.49. The van der Waals surface area contributed by atoms with Gasteiger partial charge < -0.3 is 9.47 Å². The Hall–Kier alpha value is -3.00. The normalized spacial score (nSPS) is 20.7. The summed E-state index contributed by atoms with van der Waals surface area (Å²) in [6, 6.07) is 9.40. The van der Waals surface area contributed by atoms with Crippen molar-refractivity contribution in [3.8, 4) is 16.9 Å². The van der Waals surface area contributed by atoms with E-state index in [1.165, 1.54) is 18.5 Å². The van der Waals surface area contributed by atoms with E-state index in [2.05, 4.69) is 33.5 Å². The largest absolute Gasteiger partial charge is 0.573 e. The lowest BCUT2D eigenvalue weighted by Crippen LogP contribution is -2.58. The van der Waals surface area contributed by atoms with Gasteiger partial charge in [0.15, 0.2) is 0 Å². The maximum absolute atomic E-state index is 12.3. The molecule has 0 radical (unpaired) electrons. The Bertz CT molecular complexity index is 990. The highest BCUT2D eigenvalue weighted by molar-refractivity contribution is 5.63. The lowest BCUT2D eigenvalue weighted by molar-refractivity contribution is -0.274. The van der Waals surface area contributed by atoms with Crippen LogP contribution in [0.1, 0.15) is 25.1 Å². The number of rotatable bonds is 4. The van der Waals surface area contributed by atoms with E-state index in [9.17, 15) is 13.2 Å². The van der Waals surface area contributed by atoms with Crippen LogP contribution in [0.15, 0.2) is 61.3 Å². The highest BCUT2D eigenvalue weighted by atomic mass is 19.4. The average Bonchev–Trinajstić information content (AvgIpc) is 2.68. The lowest BCUT2D eigenvalue weighted by atomic mass is 9.65. The Morgan fingerprint density at radius 2 is 1.59 bits per heavy atom. The van der Waals surface area contributed by atoms with Crippen LogP contribution in [0.3, 0.4) is 0 Å². The molecule has 3 heterocycles. The van der Waals surface area contributed by atoms with Crippen molar-refractivity contribution in [3.63, 3.8) is 0 Å². The van der Waals surface area contributed by atoms with Gasteiger partial charge in [-0.15, -0.1) is 13.2 Å². The second kappa shape index (κ2) is 6.81. The van der Waals surface area contributed by atoms with Gasteiger partial charge in [0.25, 0.3) is 0 Å². The van der Waals surface area contributed by atoms with Crippen LogP contribution in [0, 0.1) is 5.41 Å². The molecule has 8 heteroatoms. The van der Waals surface area contributed by atoms with E-state index in [1.807, 2.05) is 12.1 Å². The summed E-state index contributed by atoms with van der Waals surface area (Å²) in [4.78, 5) is 12.8. The van der Waals surface area contributed by atoms with Gasteiger partial charge in [-0.25, -0.2) is 9.97 Å². The summed E-state index contributed by atoms with van der Waals surface area (Å²) in [5, 5.41) is 0. The molecule has 0 bridgehead atoms. The standard InChI is InChI=1S/C21H18F3N3O2/c1-19(2)12-28-20(19,16-10-25-13-26-11-16)18-8-5-15(9-27-18)14-3-6-17(7-4-14)29-21(22,23)24/h3-11,13H,12H2,1-2H3. The third-order valence-corrected chi connectivity index (χ3v) is 5.12. The van der Waals surface area contributed by atoms with Gasteiger partial charge in [-0.05, 0) is 23.8 Å². The zero-order valence-electron chi connectivity index (χ0n) is 15.8. The second-order valence-electron chi connectivity index (χ2n) is 7.49. The van der Waals surface area contributed by atoms with Crippen molar-refractivity contribution in [2.24, 2.45) is 5.41 Å². The van der Waals surface area contributed by atoms with Crippen LogP contribution < -0.4 is 4.74 Å². The molecule has 150 valence electrons. The molecule has 0 aliphatic carbocycles. The van der Waals surface area contributed by atoms with Crippen molar-refractivity contribution < 1.29 is 22.6 Å². The number of nitrogens with zero attached hydrogens (tertiary/aromatic N) is 3. The SMILES string of the molecule is CC1(C)COC1(c1cncnc1)c1ccc(-c2ccc(OC(F)(F)F)cc2)cn1. The van der Waals surface area contributed by atoms with Gasteiger partial charge in [-0.1, -0.05) is 32.0 Å². The van der Waals surface area contributed by atoms with Crippen molar-refractivity contribution in [3.05, 3.63) is 72.6 Å². The Labute approximate surface area is 165 Å². The molecule has 29 heavy (non-hydrogen) atoms. The van der Waals surface area contributed by atoms with Crippen LogP contribution in [0.4, 0.5) is 13.2 Å². The highest BCUT2D eigenvalue weighted by Crippen LogP contribution is 2.55. The van der Waals surface area contributed by atoms with Crippen LogP contribution in [0.25, 0.3) is 11.1 Å². The molecule has 1 aromatic carbocycles. The molecule has 1 fully saturated rings. The summed E-state index contributed by atoms with van der Waals surface area (Å²) in [6.07, 6.45) is 1.88. The molecule has 0 spiro atoms. The number of halogens is 3. The summed E-state index contributed by atoms with van der Waals surface area (Å²) in [5.41, 5.74) is 2.09. The Kier molecular flexibility index (Phi) is 4.53. The first-order chi connectivity index (χ1) is 13.7. The van der Waals surface area contributed by atoms with Crippen molar-refractivity contribution in [2.75, 3.05) is 6.61 Å². The molecule has 2 aromatic heterocycles. The molecule has 1 saturated heterocycles. The van der Waals surface area contributed by atoms with Crippen molar-refractivity contribution in [1.29, 1.82) is 0 Å². The fourth-order valence-electron chi connectivity index (χ4n) is 3.65. The lowest BCUT2D eigenvalue weighted by Gasteiger charge is -2.55. The molecule has 5 nitrogen and oxygen atoms in total. The highest BCUT2D eigenvalue weighted by Gasteiger charge is 2.58. The number of benzene rings is 1. The summed E-state index contributed by atoms with van der Waals surface area (Å²) >= 11 is 0. The van der Waals surface area contributed by atoms with E-state index in [0.717, 1.165) is 22.4 Å². The minimum atomic E-state index is -4.71. The van der Waals surface area contributed by atoms with Crippen LogP contribution >= 0.6 is 0 Å².